The van der Waals surface area contributed by atoms with Crippen LogP contribution in [0, 0.1) is 11.6 Å². The van der Waals surface area contributed by atoms with E-state index in [0.29, 0.717) is 16.8 Å². The van der Waals surface area contributed by atoms with E-state index in [1.807, 2.05) is 5.32 Å². The number of hydrogen-bond donors (Lipinski definition) is 2. The predicted octanol–water partition coefficient (Wildman–Crippen LogP) is 3.28. The van der Waals surface area contributed by atoms with Gasteiger partial charge in [0.15, 0.2) is 6.61 Å². The molecule has 0 atom stereocenters. The molecule has 9 nitrogen and oxygen atoms in total. The Morgan fingerprint density at radius 3 is 2.43 bits per heavy atom. The zero-order valence-electron chi connectivity index (χ0n) is 17.6. The van der Waals surface area contributed by atoms with E-state index in [4.69, 9.17) is 17.3 Å². The van der Waals surface area contributed by atoms with Crippen molar-refractivity contribution < 1.29 is 36.3 Å². The van der Waals surface area contributed by atoms with Gasteiger partial charge in [-0.1, -0.05) is 17.7 Å². The molecule has 0 saturated carbocycles. The lowest BCUT2D eigenvalue weighted by Crippen LogP contribution is -2.27. The van der Waals surface area contributed by atoms with Crippen LogP contribution >= 0.6 is 11.6 Å². The molecule has 3 rings (SSSR count). The van der Waals surface area contributed by atoms with E-state index in [1.54, 1.807) is 0 Å². The first-order chi connectivity index (χ1) is 16.3. The summed E-state index contributed by atoms with van der Waals surface area (Å²) in [5.74, 6) is -5.99. The molecule has 0 fully saturated rings. The van der Waals surface area contributed by atoms with Crippen molar-refractivity contribution >= 4 is 29.1 Å². The van der Waals surface area contributed by atoms with E-state index in [1.165, 1.54) is 19.1 Å². The largest absolute Gasteiger partial charge is 0.483 e. The Hall–Kier alpha value is -3.94. The van der Waals surface area contributed by atoms with Crippen LogP contribution in [0.15, 0.2) is 35.1 Å². The predicted molar refractivity (Wildman–Crippen MR) is 113 cm³/mol. The van der Waals surface area contributed by atoms with Gasteiger partial charge in [0.25, 0.3) is 11.8 Å². The van der Waals surface area contributed by atoms with Crippen molar-refractivity contribution in [3.05, 3.63) is 68.9 Å². The number of carbonyl (C=O) groups excluding carboxylic acids is 2. The topological polar surface area (TPSA) is 121 Å². The zero-order chi connectivity index (χ0) is 26.1. The maximum atomic E-state index is 15.0. The number of rotatable bonds is 7. The highest BCUT2D eigenvalue weighted by molar-refractivity contribution is 6.34. The molecule has 0 aliphatic rings. The highest BCUT2D eigenvalue weighted by Gasteiger charge is 2.31. The molecule has 0 spiro atoms. The average molecular weight is 520 g/mol. The second-order valence-corrected chi connectivity index (χ2v) is 7.29. The fourth-order valence-electron chi connectivity index (χ4n) is 2.98. The second kappa shape index (κ2) is 9.74. The molecule has 3 N–H and O–H groups in total. The Kier molecular flexibility index (Phi) is 7.14. The number of nitrogens with one attached hydrogen (secondary N) is 1. The van der Waals surface area contributed by atoms with Crippen LogP contribution in [0.1, 0.15) is 27.9 Å². The summed E-state index contributed by atoms with van der Waals surface area (Å²) >= 11 is 5.84. The van der Waals surface area contributed by atoms with Gasteiger partial charge in [0, 0.05) is 12.6 Å². The summed E-state index contributed by atoms with van der Waals surface area (Å²) in [7, 11) is 0. The molecule has 0 saturated heterocycles. The van der Waals surface area contributed by atoms with Crippen LogP contribution in [0.5, 0.6) is 5.75 Å². The van der Waals surface area contributed by atoms with Crippen LogP contribution < -0.4 is 21.5 Å². The van der Waals surface area contributed by atoms with E-state index >= 15 is 0 Å². The number of anilines is 1. The van der Waals surface area contributed by atoms with Gasteiger partial charge in [0.2, 0.25) is 5.82 Å². The van der Waals surface area contributed by atoms with Gasteiger partial charge >= 0.3 is 11.9 Å². The molecule has 35 heavy (non-hydrogen) atoms. The minimum Gasteiger partial charge on any atom is -0.483 e. The molecule has 3 aromatic rings. The van der Waals surface area contributed by atoms with Crippen LogP contribution in [0.3, 0.4) is 0 Å². The fraction of sp³-hybridized carbons (Fsp3) is 0.200. The minimum absolute atomic E-state index is 0.0833. The number of nitrogens with zero attached hydrogens (tertiary/aromatic N) is 3. The van der Waals surface area contributed by atoms with Crippen molar-refractivity contribution in [1.82, 2.24) is 14.3 Å². The molecule has 0 aliphatic heterocycles. The maximum Gasteiger partial charge on any atom is 0.422 e. The Balaban J connectivity index is 2.14. The van der Waals surface area contributed by atoms with Gasteiger partial charge in [0.1, 0.15) is 23.1 Å². The summed E-state index contributed by atoms with van der Waals surface area (Å²) in [6.45, 7) is -0.501. The molecule has 1 aromatic heterocycles. The molecule has 0 radical (unpaired) electrons. The third kappa shape index (κ3) is 5.42. The third-order valence-electron chi connectivity index (χ3n) is 4.51. The molecular formula is C20H15ClF5N5O4. The quantitative estimate of drug-likeness (QED) is 0.464. The van der Waals surface area contributed by atoms with Gasteiger partial charge < -0.3 is 15.8 Å². The number of carbonyl (C=O) groups is 2. The number of para-hydroxylation sites is 1. The number of benzene rings is 2. The first-order valence-corrected chi connectivity index (χ1v) is 10.00. The SMILES string of the molecule is CCn1c(C(N)=O)nn(-c2cc(OCC(F)(F)F)c(C(=O)Nc3c(F)cccc3Cl)cc2F)c1=O. The number of halogens is 6. The Bertz CT molecular complexity index is 1350. The van der Waals surface area contributed by atoms with Gasteiger partial charge in [-0.25, -0.2) is 13.6 Å². The summed E-state index contributed by atoms with van der Waals surface area (Å²) in [6, 6.07) is 4.51. The van der Waals surface area contributed by atoms with Gasteiger partial charge in [-0.3, -0.25) is 14.2 Å². The molecule has 2 amide bonds. The Morgan fingerprint density at radius 2 is 1.89 bits per heavy atom. The van der Waals surface area contributed by atoms with Crippen molar-refractivity contribution in [3.63, 3.8) is 0 Å². The summed E-state index contributed by atoms with van der Waals surface area (Å²) in [4.78, 5) is 36.8. The van der Waals surface area contributed by atoms with Gasteiger partial charge in [-0.15, -0.1) is 5.10 Å². The van der Waals surface area contributed by atoms with E-state index < -0.39 is 70.4 Å². The molecule has 2 aromatic carbocycles. The van der Waals surface area contributed by atoms with E-state index in [0.717, 1.165) is 10.6 Å². The summed E-state index contributed by atoms with van der Waals surface area (Å²) in [5, 5.41) is 5.45. The number of ether oxygens (including phenoxy) is 1. The fourth-order valence-corrected chi connectivity index (χ4v) is 3.19. The van der Waals surface area contributed by atoms with Crippen molar-refractivity contribution in [1.29, 1.82) is 0 Å². The Labute approximate surface area is 197 Å². The van der Waals surface area contributed by atoms with Crippen LogP contribution in [0.25, 0.3) is 5.69 Å². The lowest BCUT2D eigenvalue weighted by molar-refractivity contribution is -0.153. The number of primary amides is 1. The van der Waals surface area contributed by atoms with Crippen LogP contribution in [0.4, 0.5) is 27.6 Å². The highest BCUT2D eigenvalue weighted by Crippen LogP contribution is 2.30. The minimum atomic E-state index is -4.85. The highest BCUT2D eigenvalue weighted by atomic mass is 35.5. The number of nitrogens with two attached hydrogens (primary N) is 1. The van der Waals surface area contributed by atoms with Crippen molar-refractivity contribution in [2.75, 3.05) is 11.9 Å². The second-order valence-electron chi connectivity index (χ2n) is 6.88. The summed E-state index contributed by atoms with van der Waals surface area (Å²) in [5.41, 5.74) is 2.12. The van der Waals surface area contributed by atoms with Crippen LogP contribution in [-0.4, -0.2) is 38.9 Å². The van der Waals surface area contributed by atoms with E-state index in [-0.39, 0.29) is 11.6 Å². The molecule has 0 unspecified atom stereocenters. The Morgan fingerprint density at radius 1 is 1.20 bits per heavy atom. The first kappa shape index (κ1) is 25.7. The zero-order valence-corrected chi connectivity index (χ0v) is 18.4. The third-order valence-corrected chi connectivity index (χ3v) is 4.83. The van der Waals surface area contributed by atoms with Gasteiger partial charge in [-0.2, -0.15) is 17.9 Å². The molecule has 0 bridgehead atoms. The smallest absolute Gasteiger partial charge is 0.422 e. The molecule has 15 heteroatoms. The number of alkyl halides is 3. The van der Waals surface area contributed by atoms with Crippen LogP contribution in [-0.2, 0) is 6.54 Å². The standard InChI is InChI=1S/C20H15ClF5N5O4/c1-2-30-17(16(27)32)29-31(19(30)34)13-7-14(35-8-20(24,25)26)9(6-12(13)23)18(33)28-15-10(21)4-3-5-11(15)22/h3-7H,2,8H2,1H3,(H2,27,32)(H,28,33). The molecule has 186 valence electrons. The lowest BCUT2D eigenvalue weighted by Gasteiger charge is -2.15. The van der Waals surface area contributed by atoms with Gasteiger partial charge in [-0.05, 0) is 25.1 Å². The number of hydrogen-bond acceptors (Lipinski definition) is 5. The lowest BCUT2D eigenvalue weighted by atomic mass is 10.1. The van der Waals surface area contributed by atoms with Crippen molar-refractivity contribution in [2.45, 2.75) is 19.6 Å². The normalized spacial score (nSPS) is 11.4. The van der Waals surface area contributed by atoms with E-state index in [2.05, 4.69) is 9.84 Å². The monoisotopic (exact) mass is 519 g/mol. The average Bonchev–Trinajstić information content (AvgIpc) is 3.11. The molecular weight excluding hydrogens is 505 g/mol. The number of amides is 2. The number of aromatic nitrogens is 3. The summed E-state index contributed by atoms with van der Waals surface area (Å²) in [6.07, 6.45) is -4.85. The van der Waals surface area contributed by atoms with Crippen LogP contribution in [0.2, 0.25) is 5.02 Å². The van der Waals surface area contributed by atoms with Gasteiger partial charge in [0.05, 0.1) is 16.3 Å². The van der Waals surface area contributed by atoms with Crippen molar-refractivity contribution in [2.24, 2.45) is 5.73 Å². The molecule has 1 heterocycles. The first-order valence-electron chi connectivity index (χ1n) is 9.62. The van der Waals surface area contributed by atoms with E-state index in [9.17, 15) is 36.3 Å². The molecule has 0 aliphatic carbocycles. The summed E-state index contributed by atoms with van der Waals surface area (Å²) < 4.78 is 73.3. The maximum absolute atomic E-state index is 15.0. The van der Waals surface area contributed by atoms with Crippen molar-refractivity contribution in [3.8, 4) is 11.4 Å².